The predicted octanol–water partition coefficient (Wildman–Crippen LogP) is 11.0. The van der Waals surface area contributed by atoms with Crippen molar-refractivity contribution in [2.45, 2.75) is 5.41 Å². The van der Waals surface area contributed by atoms with E-state index in [1.807, 2.05) is 0 Å². The van der Waals surface area contributed by atoms with Crippen LogP contribution in [0.5, 0.6) is 11.5 Å². The van der Waals surface area contributed by atoms with Crippen molar-refractivity contribution < 1.29 is 4.74 Å². The van der Waals surface area contributed by atoms with Crippen LogP contribution >= 0.6 is 0 Å². The van der Waals surface area contributed by atoms with Crippen molar-refractivity contribution in [3.05, 3.63) is 235 Å². The molecule has 3 heteroatoms. The first-order valence-corrected chi connectivity index (χ1v) is 22.2. The van der Waals surface area contributed by atoms with Gasteiger partial charge in [-0.3, -0.25) is 0 Å². The Kier molecular flexibility index (Phi) is 6.43. The van der Waals surface area contributed by atoms with Crippen LogP contribution < -0.4 is 30.4 Å². The number of para-hydroxylation sites is 4. The predicted molar refractivity (Wildman–Crippen MR) is 240 cm³/mol. The third-order valence-electron chi connectivity index (χ3n) is 13.3. The normalized spacial score (nSPS) is 16.6. The lowest BCUT2D eigenvalue weighted by Crippen LogP contribution is -2.70. The summed E-state index contributed by atoms with van der Waals surface area (Å²) in [5.74, 6) is 1.80. The molecule has 0 saturated carbocycles. The van der Waals surface area contributed by atoms with Crippen LogP contribution in [0.15, 0.2) is 212 Å². The van der Waals surface area contributed by atoms with E-state index in [2.05, 4.69) is 217 Å². The zero-order chi connectivity index (χ0) is 38.0. The van der Waals surface area contributed by atoms with Gasteiger partial charge < -0.3 is 9.64 Å². The summed E-state index contributed by atoms with van der Waals surface area (Å²) in [4.78, 5) is 2.53. The number of hydrogen-bond donors (Lipinski definition) is 0. The van der Waals surface area contributed by atoms with Crippen molar-refractivity contribution in [1.82, 2.24) is 0 Å². The maximum atomic E-state index is 6.66. The van der Waals surface area contributed by atoms with Crippen LogP contribution in [-0.2, 0) is 5.41 Å². The lowest BCUT2D eigenvalue weighted by molar-refractivity contribution is 0.434. The number of rotatable bonds is 2. The number of fused-ring (bicyclic) bond motifs is 18. The van der Waals surface area contributed by atoms with Crippen molar-refractivity contribution in [2.75, 3.05) is 4.90 Å². The highest BCUT2D eigenvalue weighted by Crippen LogP contribution is 2.62. The smallest absolute Gasteiger partial charge is 0.182 e. The van der Waals surface area contributed by atoms with E-state index in [1.165, 1.54) is 82.3 Å². The summed E-state index contributed by atoms with van der Waals surface area (Å²) in [6.45, 7) is 0. The molecule has 0 aliphatic carbocycles. The van der Waals surface area contributed by atoms with Crippen molar-refractivity contribution in [3.63, 3.8) is 0 Å². The Morgan fingerprint density at radius 1 is 0.345 bits per heavy atom. The van der Waals surface area contributed by atoms with Gasteiger partial charge in [-0.25, -0.2) is 0 Å². The quantitative estimate of drug-likeness (QED) is 0.163. The Morgan fingerprint density at radius 2 is 0.845 bits per heavy atom. The molecule has 2 nitrogen and oxygen atoms in total. The largest absolute Gasteiger partial charge is 0.457 e. The summed E-state index contributed by atoms with van der Waals surface area (Å²) in [5, 5.41) is 5.90. The maximum absolute atomic E-state index is 6.66. The second-order valence-electron chi connectivity index (χ2n) is 15.9. The van der Waals surface area contributed by atoms with Crippen LogP contribution in [0, 0.1) is 0 Å². The third kappa shape index (κ3) is 3.91. The zero-order valence-electron chi connectivity index (χ0n) is 31.6. The summed E-state index contributed by atoms with van der Waals surface area (Å²) in [5.41, 5.74) is 15.7. The molecular weight excluding hydrogens is 719 g/mol. The second kappa shape index (κ2) is 11.7. The number of nitrogens with zero attached hydrogens (tertiary/aromatic N) is 1. The lowest BCUT2D eigenvalue weighted by atomic mass is 9.61. The second-order valence-corrected chi connectivity index (χ2v) is 19.6. The van der Waals surface area contributed by atoms with Gasteiger partial charge in [-0.15, -0.1) is 0 Å². The summed E-state index contributed by atoms with van der Waals surface area (Å²) in [6, 6.07) is 79.2. The Balaban J connectivity index is 1.08. The van der Waals surface area contributed by atoms with E-state index < -0.39 is 13.5 Å². The van der Waals surface area contributed by atoms with Gasteiger partial charge in [0.15, 0.2) is 8.07 Å². The van der Waals surface area contributed by atoms with Crippen molar-refractivity contribution in [3.8, 4) is 44.9 Å². The molecule has 0 bridgehead atoms. The minimum absolute atomic E-state index is 0.572. The molecule has 9 aromatic rings. The average Bonchev–Trinajstić information content (AvgIpc) is 3.76. The summed E-state index contributed by atoms with van der Waals surface area (Å²) >= 11 is 0. The molecule has 0 fully saturated rings. The van der Waals surface area contributed by atoms with Crippen molar-refractivity contribution in [2.24, 2.45) is 0 Å². The highest BCUT2D eigenvalue weighted by Gasteiger charge is 2.55. The van der Waals surface area contributed by atoms with Gasteiger partial charge in [0.25, 0.3) is 0 Å². The van der Waals surface area contributed by atoms with E-state index in [4.69, 9.17) is 4.74 Å². The molecule has 4 heterocycles. The fourth-order valence-corrected chi connectivity index (χ4v) is 16.8. The van der Waals surface area contributed by atoms with E-state index in [-0.39, 0.29) is 0 Å². The summed E-state index contributed by atoms with van der Waals surface area (Å²) in [7, 11) is -2.73. The van der Waals surface area contributed by atoms with Gasteiger partial charge in [0.05, 0.1) is 16.8 Å². The highest BCUT2D eigenvalue weighted by molar-refractivity contribution is 7.24. The molecule has 270 valence electrons. The van der Waals surface area contributed by atoms with Gasteiger partial charge in [0.1, 0.15) is 11.5 Å². The third-order valence-corrected chi connectivity index (χ3v) is 18.3. The molecule has 13 rings (SSSR count). The van der Waals surface area contributed by atoms with Gasteiger partial charge >= 0.3 is 0 Å². The van der Waals surface area contributed by atoms with Gasteiger partial charge in [-0.1, -0.05) is 170 Å². The molecule has 0 amide bonds. The number of benzene rings is 9. The first kappa shape index (κ1) is 31.9. The first-order valence-electron chi connectivity index (χ1n) is 20.2. The molecule has 4 aliphatic rings. The molecular formula is C55H35NOSi. The van der Waals surface area contributed by atoms with E-state index in [1.54, 1.807) is 0 Å². The molecule has 2 spiro atoms. The molecule has 4 aliphatic heterocycles. The average molecular weight is 754 g/mol. The van der Waals surface area contributed by atoms with Crippen LogP contribution in [0.4, 0.5) is 17.1 Å². The van der Waals surface area contributed by atoms with E-state index in [9.17, 15) is 0 Å². The Morgan fingerprint density at radius 3 is 1.50 bits per heavy atom. The highest BCUT2D eigenvalue weighted by atomic mass is 28.3. The monoisotopic (exact) mass is 753 g/mol. The number of ether oxygens (including phenoxy) is 1. The fourth-order valence-electron chi connectivity index (χ4n) is 11.2. The minimum Gasteiger partial charge on any atom is -0.457 e. The Labute approximate surface area is 338 Å². The maximum Gasteiger partial charge on any atom is 0.182 e. The molecule has 1 unspecified atom stereocenters. The summed E-state index contributed by atoms with van der Waals surface area (Å²) < 4.78 is 6.66. The SMILES string of the molecule is c1ccc(-c2ccc3c(c2)-c2ccccc2[Si]32c3ccccc3-c3ccc(N4c5ccccc5C5(c6ccccc6Oc6ccccc65)c5ccccc54)cc32)cc1. The molecule has 0 radical (unpaired) electrons. The lowest BCUT2D eigenvalue weighted by Gasteiger charge is -2.48. The standard InChI is InChI=1S/C55H35NOSi/c1-2-16-36(17-3-1)37-30-33-53-42(34-37)40-19-5-15-29-52(40)58(53)51-28-14-4-18-39(51)41-32-31-38(35-54(41)58)56-47-24-10-6-20-43(47)55(44-21-7-11-25-48(44)56)45-22-8-12-26-49(45)57-50-27-13-9-23-46(50)55/h1-35H. The van der Waals surface area contributed by atoms with Crippen LogP contribution in [-0.4, -0.2) is 8.07 Å². The Bertz CT molecular complexity index is 3090. The van der Waals surface area contributed by atoms with E-state index in [0.717, 1.165) is 22.6 Å². The fraction of sp³-hybridized carbons (Fsp3) is 0.0182. The topological polar surface area (TPSA) is 12.5 Å². The Hall–Kier alpha value is -7.20. The van der Waals surface area contributed by atoms with Crippen LogP contribution in [0.2, 0.25) is 0 Å². The number of anilines is 3. The first-order chi connectivity index (χ1) is 28.8. The minimum atomic E-state index is -2.73. The van der Waals surface area contributed by atoms with Gasteiger partial charge in [0.2, 0.25) is 0 Å². The molecule has 1 atom stereocenters. The van der Waals surface area contributed by atoms with Gasteiger partial charge in [-0.2, -0.15) is 0 Å². The number of hydrogen-bond acceptors (Lipinski definition) is 2. The molecule has 58 heavy (non-hydrogen) atoms. The van der Waals surface area contributed by atoms with Crippen molar-refractivity contribution >= 4 is 45.9 Å². The summed E-state index contributed by atoms with van der Waals surface area (Å²) in [6.07, 6.45) is 0. The molecule has 0 N–H and O–H groups in total. The van der Waals surface area contributed by atoms with Crippen LogP contribution in [0.1, 0.15) is 22.3 Å². The van der Waals surface area contributed by atoms with Crippen molar-refractivity contribution in [1.29, 1.82) is 0 Å². The molecule has 0 aromatic heterocycles. The van der Waals surface area contributed by atoms with Gasteiger partial charge in [0, 0.05) is 16.8 Å². The van der Waals surface area contributed by atoms with Crippen LogP contribution in [0.25, 0.3) is 33.4 Å². The van der Waals surface area contributed by atoms with E-state index >= 15 is 0 Å². The zero-order valence-corrected chi connectivity index (χ0v) is 32.6. The molecule has 9 aromatic carbocycles. The van der Waals surface area contributed by atoms with Crippen LogP contribution in [0.3, 0.4) is 0 Å². The molecule has 0 saturated heterocycles. The van der Waals surface area contributed by atoms with E-state index in [0.29, 0.717) is 0 Å². The van der Waals surface area contributed by atoms with Gasteiger partial charge in [-0.05, 0) is 108 Å².